The Bertz CT molecular complexity index is 385. The first kappa shape index (κ1) is 12.9. The smallest absolute Gasteiger partial charge is 0.397 e. The van der Waals surface area contributed by atoms with E-state index in [0.717, 1.165) is 0 Å². The molecule has 1 rings (SSSR count). The van der Waals surface area contributed by atoms with Crippen molar-refractivity contribution < 1.29 is 26.3 Å². The van der Waals surface area contributed by atoms with Gasteiger partial charge in [0.2, 0.25) is 0 Å². The first-order valence-electron chi connectivity index (χ1n) is 3.68. The molecule has 0 saturated heterocycles. The number of alkyl halides is 6. The van der Waals surface area contributed by atoms with Crippen molar-refractivity contribution in [1.29, 1.82) is 0 Å². The van der Waals surface area contributed by atoms with Crippen LogP contribution in [-0.4, -0.2) is 10.5 Å². The lowest BCUT2D eigenvalue weighted by Crippen LogP contribution is -2.10. The molecule has 9 heteroatoms. The average molecular weight is 262 g/mol. The van der Waals surface area contributed by atoms with Gasteiger partial charge in [0, 0.05) is 4.90 Å². The van der Waals surface area contributed by atoms with Gasteiger partial charge in [-0.25, -0.2) is 4.98 Å². The molecular formula is C7H4F6N2S. The summed E-state index contributed by atoms with van der Waals surface area (Å²) < 4.78 is 72.3. The average Bonchev–Trinajstić information content (AvgIpc) is 2.04. The SMILES string of the molecule is Nc1cnc(C(F)(F)F)cc1SC(F)(F)F. The molecule has 0 saturated carbocycles. The third-order valence-corrected chi connectivity index (χ3v) is 2.22. The predicted octanol–water partition coefficient (Wildman–Crippen LogP) is 3.29. The fourth-order valence-corrected chi connectivity index (χ4v) is 1.41. The van der Waals surface area contributed by atoms with Crippen LogP contribution in [0.2, 0.25) is 0 Å². The van der Waals surface area contributed by atoms with Crippen LogP contribution in [0.3, 0.4) is 0 Å². The fourth-order valence-electron chi connectivity index (χ4n) is 0.816. The number of aromatic nitrogens is 1. The van der Waals surface area contributed by atoms with Gasteiger partial charge in [-0.2, -0.15) is 26.3 Å². The summed E-state index contributed by atoms with van der Waals surface area (Å²) in [6.45, 7) is 0. The molecule has 0 atom stereocenters. The van der Waals surface area contributed by atoms with Gasteiger partial charge in [0.05, 0.1) is 11.9 Å². The van der Waals surface area contributed by atoms with Gasteiger partial charge < -0.3 is 5.73 Å². The number of pyridine rings is 1. The maximum Gasteiger partial charge on any atom is 0.446 e. The van der Waals surface area contributed by atoms with Crippen molar-refractivity contribution in [3.63, 3.8) is 0 Å². The van der Waals surface area contributed by atoms with Gasteiger partial charge in [0.25, 0.3) is 0 Å². The van der Waals surface area contributed by atoms with E-state index in [4.69, 9.17) is 5.73 Å². The van der Waals surface area contributed by atoms with E-state index in [9.17, 15) is 26.3 Å². The zero-order valence-corrected chi connectivity index (χ0v) is 8.17. The number of thioether (sulfide) groups is 1. The van der Waals surface area contributed by atoms with Crippen LogP contribution in [0.1, 0.15) is 5.69 Å². The lowest BCUT2D eigenvalue weighted by atomic mass is 10.3. The van der Waals surface area contributed by atoms with Crippen molar-refractivity contribution in [2.24, 2.45) is 0 Å². The molecule has 16 heavy (non-hydrogen) atoms. The van der Waals surface area contributed by atoms with Crippen LogP contribution in [0, 0.1) is 0 Å². The molecule has 0 aliphatic carbocycles. The van der Waals surface area contributed by atoms with Crippen molar-refractivity contribution >= 4 is 17.4 Å². The van der Waals surface area contributed by atoms with Crippen LogP contribution < -0.4 is 5.73 Å². The van der Waals surface area contributed by atoms with Crippen LogP contribution >= 0.6 is 11.8 Å². The number of hydrogen-bond acceptors (Lipinski definition) is 3. The van der Waals surface area contributed by atoms with E-state index in [0.29, 0.717) is 6.20 Å². The minimum absolute atomic E-state index is 0.271. The zero-order chi connectivity index (χ0) is 12.6. The Hall–Kier alpha value is -1.12. The highest BCUT2D eigenvalue weighted by Gasteiger charge is 2.35. The molecule has 0 aromatic carbocycles. The molecule has 0 amide bonds. The number of nitrogens with zero attached hydrogens (tertiary/aromatic N) is 1. The molecule has 0 fully saturated rings. The highest BCUT2D eigenvalue weighted by atomic mass is 32.2. The number of halogens is 6. The third kappa shape index (κ3) is 3.47. The minimum Gasteiger partial charge on any atom is -0.397 e. The van der Waals surface area contributed by atoms with E-state index in [1.165, 1.54) is 0 Å². The molecule has 0 radical (unpaired) electrons. The minimum atomic E-state index is -4.80. The molecule has 1 aromatic heterocycles. The van der Waals surface area contributed by atoms with Crippen LogP contribution in [0.5, 0.6) is 0 Å². The maximum absolute atomic E-state index is 12.1. The number of hydrogen-bond donors (Lipinski definition) is 1. The van der Waals surface area contributed by atoms with Crippen molar-refractivity contribution in [2.45, 2.75) is 16.6 Å². The van der Waals surface area contributed by atoms with E-state index >= 15 is 0 Å². The van der Waals surface area contributed by atoms with Gasteiger partial charge in [0.15, 0.2) is 0 Å². The standard InChI is InChI=1S/C7H4F6N2S/c8-6(9,10)5-1-4(3(14)2-15-5)16-7(11,12)13/h1-2H,14H2. The van der Waals surface area contributed by atoms with E-state index in [1.807, 2.05) is 0 Å². The van der Waals surface area contributed by atoms with Crippen molar-refractivity contribution in [1.82, 2.24) is 4.98 Å². The van der Waals surface area contributed by atoms with Crippen LogP contribution in [0.4, 0.5) is 32.0 Å². The summed E-state index contributed by atoms with van der Waals surface area (Å²) in [4.78, 5) is 2.20. The van der Waals surface area contributed by atoms with Crippen LogP contribution in [0.25, 0.3) is 0 Å². The van der Waals surface area contributed by atoms with Crippen molar-refractivity contribution in [2.75, 3.05) is 5.73 Å². The second-order valence-corrected chi connectivity index (χ2v) is 3.76. The van der Waals surface area contributed by atoms with E-state index < -0.39 is 39.7 Å². The lowest BCUT2D eigenvalue weighted by Gasteiger charge is -2.11. The molecule has 1 heterocycles. The summed E-state index contributed by atoms with van der Waals surface area (Å²) in [5.41, 5.74) is -1.46. The first-order chi connectivity index (χ1) is 7.09. The van der Waals surface area contributed by atoms with E-state index in [2.05, 4.69) is 4.98 Å². The topological polar surface area (TPSA) is 38.9 Å². The Balaban J connectivity index is 3.10. The fraction of sp³-hybridized carbons (Fsp3) is 0.286. The number of nitrogens with two attached hydrogens (primary N) is 1. The Morgan fingerprint density at radius 3 is 2.12 bits per heavy atom. The summed E-state index contributed by atoms with van der Waals surface area (Å²) in [5, 5.41) is 0. The van der Waals surface area contributed by atoms with E-state index in [1.54, 1.807) is 0 Å². The Kier molecular flexibility index (Phi) is 3.27. The zero-order valence-electron chi connectivity index (χ0n) is 7.36. The normalized spacial score (nSPS) is 12.9. The van der Waals surface area contributed by atoms with Gasteiger partial charge in [-0.05, 0) is 17.8 Å². The molecule has 0 unspecified atom stereocenters. The van der Waals surface area contributed by atoms with E-state index in [-0.39, 0.29) is 6.07 Å². The molecule has 0 bridgehead atoms. The molecular weight excluding hydrogens is 258 g/mol. The first-order valence-corrected chi connectivity index (χ1v) is 4.50. The molecule has 2 nitrogen and oxygen atoms in total. The highest BCUT2D eigenvalue weighted by Crippen LogP contribution is 2.41. The largest absolute Gasteiger partial charge is 0.446 e. The molecule has 2 N–H and O–H groups in total. The monoisotopic (exact) mass is 262 g/mol. The molecule has 90 valence electrons. The molecule has 0 spiro atoms. The Labute approximate surface area is 89.8 Å². The van der Waals surface area contributed by atoms with Gasteiger partial charge >= 0.3 is 11.7 Å². The predicted molar refractivity (Wildman–Crippen MR) is 45.6 cm³/mol. The molecule has 1 aromatic rings. The Morgan fingerprint density at radius 1 is 1.12 bits per heavy atom. The second kappa shape index (κ2) is 4.04. The lowest BCUT2D eigenvalue weighted by molar-refractivity contribution is -0.141. The van der Waals surface area contributed by atoms with Gasteiger partial charge in [0.1, 0.15) is 5.69 Å². The van der Waals surface area contributed by atoms with Gasteiger partial charge in [-0.3, -0.25) is 0 Å². The maximum atomic E-state index is 12.1. The summed E-state index contributed by atoms with van der Waals surface area (Å²) in [6.07, 6.45) is -4.24. The van der Waals surface area contributed by atoms with Crippen molar-refractivity contribution in [3.8, 4) is 0 Å². The highest BCUT2D eigenvalue weighted by molar-refractivity contribution is 8.00. The van der Waals surface area contributed by atoms with Gasteiger partial charge in [-0.1, -0.05) is 0 Å². The second-order valence-electron chi connectivity index (χ2n) is 2.65. The van der Waals surface area contributed by atoms with Gasteiger partial charge in [-0.15, -0.1) is 0 Å². The summed E-state index contributed by atoms with van der Waals surface area (Å²) in [7, 11) is 0. The third-order valence-electron chi connectivity index (χ3n) is 1.41. The van der Waals surface area contributed by atoms with Crippen LogP contribution in [0.15, 0.2) is 17.2 Å². The quantitative estimate of drug-likeness (QED) is 0.623. The molecule has 0 aliphatic heterocycles. The van der Waals surface area contributed by atoms with Crippen LogP contribution in [-0.2, 0) is 6.18 Å². The summed E-state index contributed by atoms with van der Waals surface area (Å²) in [5.74, 6) is 0. The summed E-state index contributed by atoms with van der Waals surface area (Å²) in [6, 6.07) is 0.271. The Morgan fingerprint density at radius 2 is 1.69 bits per heavy atom. The number of nitrogen functional groups attached to an aromatic ring is 1. The number of anilines is 1. The van der Waals surface area contributed by atoms with Crippen molar-refractivity contribution in [3.05, 3.63) is 18.0 Å². The molecule has 0 aliphatic rings. The number of rotatable bonds is 1. The summed E-state index contributed by atoms with van der Waals surface area (Å²) >= 11 is -0.707.